The van der Waals surface area contributed by atoms with Crippen molar-refractivity contribution in [3.8, 4) is 0 Å². The smallest absolute Gasteiger partial charge is 0.220 e. The summed E-state index contributed by atoms with van der Waals surface area (Å²) >= 11 is 0. The molecular weight excluding hydrogens is 192 g/mol. The van der Waals surface area contributed by atoms with Crippen LogP contribution in [0.15, 0.2) is 0 Å². The predicted molar refractivity (Wildman–Crippen MR) is 59.5 cm³/mol. The van der Waals surface area contributed by atoms with E-state index in [-0.39, 0.29) is 18.6 Å². The Bertz CT molecular complexity index is 191. The molecule has 0 bridgehead atoms. The fraction of sp³-hybridized carbons (Fsp3) is 0.909. The summed E-state index contributed by atoms with van der Waals surface area (Å²) in [5.41, 5.74) is 0. The first-order chi connectivity index (χ1) is 7.22. The van der Waals surface area contributed by atoms with Gasteiger partial charge in [0.05, 0.1) is 6.61 Å². The molecule has 0 spiro atoms. The van der Waals surface area contributed by atoms with Gasteiger partial charge in [-0.25, -0.2) is 0 Å². The summed E-state index contributed by atoms with van der Waals surface area (Å²) in [6.45, 7) is 3.98. The fourth-order valence-electron chi connectivity index (χ4n) is 1.90. The molecule has 2 atom stereocenters. The highest BCUT2D eigenvalue weighted by molar-refractivity contribution is 5.76. The molecule has 1 aliphatic heterocycles. The third kappa shape index (κ3) is 5.14. The van der Waals surface area contributed by atoms with Crippen LogP contribution >= 0.6 is 0 Å². The van der Waals surface area contributed by atoms with Crippen molar-refractivity contribution in [1.29, 1.82) is 0 Å². The Kier molecular flexibility index (Phi) is 5.65. The maximum absolute atomic E-state index is 11.4. The van der Waals surface area contributed by atoms with Crippen molar-refractivity contribution in [2.45, 2.75) is 38.6 Å². The molecular formula is C11H22N2O2. The summed E-state index contributed by atoms with van der Waals surface area (Å²) in [7, 11) is 0. The van der Waals surface area contributed by atoms with E-state index in [0.29, 0.717) is 12.3 Å². The monoisotopic (exact) mass is 214 g/mol. The summed E-state index contributed by atoms with van der Waals surface area (Å²) < 4.78 is 0. The van der Waals surface area contributed by atoms with Crippen molar-refractivity contribution >= 4 is 5.91 Å². The molecule has 0 aromatic heterocycles. The van der Waals surface area contributed by atoms with E-state index in [4.69, 9.17) is 5.11 Å². The first kappa shape index (κ1) is 12.5. The maximum Gasteiger partial charge on any atom is 0.220 e. The molecule has 0 aliphatic carbocycles. The molecule has 88 valence electrons. The van der Waals surface area contributed by atoms with Crippen molar-refractivity contribution in [3.05, 3.63) is 0 Å². The van der Waals surface area contributed by atoms with E-state index in [9.17, 15) is 4.79 Å². The quantitative estimate of drug-likeness (QED) is 0.615. The number of piperidine rings is 1. The van der Waals surface area contributed by atoms with Gasteiger partial charge in [-0.2, -0.15) is 0 Å². The summed E-state index contributed by atoms with van der Waals surface area (Å²) in [6, 6.07) is -0.123. The minimum Gasteiger partial charge on any atom is -0.394 e. The van der Waals surface area contributed by atoms with Crippen LogP contribution in [0.1, 0.15) is 32.6 Å². The lowest BCUT2D eigenvalue weighted by Crippen LogP contribution is -2.36. The zero-order chi connectivity index (χ0) is 11.1. The third-order valence-corrected chi connectivity index (χ3v) is 2.86. The second kappa shape index (κ2) is 6.80. The topological polar surface area (TPSA) is 61.4 Å². The van der Waals surface area contributed by atoms with Crippen molar-refractivity contribution in [2.24, 2.45) is 5.92 Å². The van der Waals surface area contributed by atoms with Gasteiger partial charge in [0.15, 0.2) is 0 Å². The van der Waals surface area contributed by atoms with E-state index < -0.39 is 0 Å². The number of hydrogen-bond donors (Lipinski definition) is 3. The molecule has 1 saturated heterocycles. The van der Waals surface area contributed by atoms with E-state index >= 15 is 0 Å². The molecule has 4 heteroatoms. The van der Waals surface area contributed by atoms with Crippen LogP contribution in [-0.4, -0.2) is 36.8 Å². The summed E-state index contributed by atoms with van der Waals surface area (Å²) in [5, 5.41) is 14.9. The number of carbonyl (C=O) groups is 1. The van der Waals surface area contributed by atoms with Gasteiger partial charge in [0.2, 0.25) is 5.91 Å². The lowest BCUT2D eigenvalue weighted by Gasteiger charge is -2.22. The molecule has 0 radical (unpaired) electrons. The van der Waals surface area contributed by atoms with E-state index in [1.165, 1.54) is 12.8 Å². The lowest BCUT2D eigenvalue weighted by atomic mass is 9.94. The Balaban J connectivity index is 2.10. The summed E-state index contributed by atoms with van der Waals surface area (Å²) in [5.74, 6) is 0.705. The van der Waals surface area contributed by atoms with Gasteiger partial charge in [0, 0.05) is 12.5 Å². The fourth-order valence-corrected chi connectivity index (χ4v) is 1.90. The standard InChI is InChI=1S/C11H22N2O2/c1-9(8-14)13-11(15)5-4-10-3-2-6-12-7-10/h9-10,12,14H,2-8H2,1H3,(H,13,15)/t9-,10?/m1/s1. The van der Waals surface area contributed by atoms with Crippen LogP contribution < -0.4 is 10.6 Å². The molecule has 1 aliphatic rings. The molecule has 15 heavy (non-hydrogen) atoms. The molecule has 0 aromatic rings. The first-order valence-corrected chi connectivity index (χ1v) is 5.83. The highest BCUT2D eigenvalue weighted by Gasteiger charge is 2.14. The number of aliphatic hydroxyl groups excluding tert-OH is 1. The van der Waals surface area contributed by atoms with Gasteiger partial charge in [0.25, 0.3) is 0 Å². The van der Waals surface area contributed by atoms with Crippen LogP contribution in [0.3, 0.4) is 0 Å². The van der Waals surface area contributed by atoms with Crippen LogP contribution in [0.2, 0.25) is 0 Å². The van der Waals surface area contributed by atoms with Gasteiger partial charge in [0.1, 0.15) is 0 Å². The predicted octanol–water partition coefficient (Wildman–Crippen LogP) is 0.263. The molecule has 1 amide bonds. The summed E-state index contributed by atoms with van der Waals surface area (Å²) in [6.07, 6.45) is 3.99. The maximum atomic E-state index is 11.4. The number of carbonyl (C=O) groups excluding carboxylic acids is 1. The Labute approximate surface area is 91.4 Å². The Morgan fingerprint density at radius 2 is 2.47 bits per heavy atom. The average Bonchev–Trinajstić information content (AvgIpc) is 2.27. The number of aliphatic hydroxyl groups is 1. The van der Waals surface area contributed by atoms with Crippen LogP contribution in [0.4, 0.5) is 0 Å². The Morgan fingerprint density at radius 1 is 1.67 bits per heavy atom. The van der Waals surface area contributed by atoms with Crippen LogP contribution in [0.5, 0.6) is 0 Å². The molecule has 1 fully saturated rings. The molecule has 1 unspecified atom stereocenters. The number of hydrogen-bond acceptors (Lipinski definition) is 3. The van der Waals surface area contributed by atoms with E-state index in [1.807, 2.05) is 0 Å². The van der Waals surface area contributed by atoms with Crippen LogP contribution in [0, 0.1) is 5.92 Å². The zero-order valence-electron chi connectivity index (χ0n) is 9.46. The van der Waals surface area contributed by atoms with Gasteiger partial charge in [-0.1, -0.05) is 0 Å². The van der Waals surface area contributed by atoms with E-state index in [1.54, 1.807) is 6.92 Å². The molecule has 1 rings (SSSR count). The van der Waals surface area contributed by atoms with Crippen LogP contribution in [0.25, 0.3) is 0 Å². The van der Waals surface area contributed by atoms with Crippen molar-refractivity contribution in [3.63, 3.8) is 0 Å². The highest BCUT2D eigenvalue weighted by Crippen LogP contribution is 2.15. The zero-order valence-corrected chi connectivity index (χ0v) is 9.46. The number of amides is 1. The Morgan fingerprint density at radius 3 is 3.07 bits per heavy atom. The minimum atomic E-state index is -0.123. The molecule has 0 saturated carbocycles. The molecule has 1 heterocycles. The van der Waals surface area contributed by atoms with Gasteiger partial charge < -0.3 is 15.7 Å². The SMILES string of the molecule is C[C@H](CO)NC(=O)CCC1CCCNC1. The average molecular weight is 214 g/mol. The van der Waals surface area contributed by atoms with Gasteiger partial charge in [-0.3, -0.25) is 4.79 Å². The number of rotatable bonds is 5. The summed E-state index contributed by atoms with van der Waals surface area (Å²) in [4.78, 5) is 11.4. The van der Waals surface area contributed by atoms with Gasteiger partial charge in [-0.15, -0.1) is 0 Å². The lowest BCUT2D eigenvalue weighted by molar-refractivity contribution is -0.122. The van der Waals surface area contributed by atoms with Crippen LogP contribution in [-0.2, 0) is 4.79 Å². The van der Waals surface area contributed by atoms with Crippen molar-refractivity contribution < 1.29 is 9.90 Å². The van der Waals surface area contributed by atoms with Crippen molar-refractivity contribution in [2.75, 3.05) is 19.7 Å². The molecule has 4 nitrogen and oxygen atoms in total. The second-order valence-electron chi connectivity index (χ2n) is 4.40. The van der Waals surface area contributed by atoms with Crippen molar-refractivity contribution in [1.82, 2.24) is 10.6 Å². The normalized spacial score (nSPS) is 23.5. The molecule has 0 aromatic carbocycles. The third-order valence-electron chi connectivity index (χ3n) is 2.86. The minimum absolute atomic E-state index is 0.0106. The largest absolute Gasteiger partial charge is 0.394 e. The number of nitrogens with one attached hydrogen (secondary N) is 2. The first-order valence-electron chi connectivity index (χ1n) is 5.83. The highest BCUT2D eigenvalue weighted by atomic mass is 16.3. The molecule has 3 N–H and O–H groups in total. The van der Waals surface area contributed by atoms with Gasteiger partial charge in [-0.05, 0) is 45.2 Å². The Hall–Kier alpha value is -0.610. The van der Waals surface area contributed by atoms with E-state index in [2.05, 4.69) is 10.6 Å². The van der Waals surface area contributed by atoms with Gasteiger partial charge >= 0.3 is 0 Å². The van der Waals surface area contributed by atoms with E-state index in [0.717, 1.165) is 19.5 Å². The second-order valence-corrected chi connectivity index (χ2v) is 4.40.